The molecule has 4 rings (SSSR count). The van der Waals surface area contributed by atoms with Gasteiger partial charge in [0, 0.05) is 46.0 Å². The van der Waals surface area contributed by atoms with Crippen molar-refractivity contribution in [2.24, 2.45) is 7.05 Å². The first-order chi connectivity index (χ1) is 12.1. The van der Waals surface area contributed by atoms with Gasteiger partial charge >= 0.3 is 0 Å². The van der Waals surface area contributed by atoms with Gasteiger partial charge in [0.1, 0.15) is 17.5 Å². The molecule has 1 fully saturated rings. The van der Waals surface area contributed by atoms with Crippen LogP contribution < -0.4 is 4.90 Å². The van der Waals surface area contributed by atoms with Gasteiger partial charge in [0.15, 0.2) is 0 Å². The molecular weight excluding hydrogens is 322 g/mol. The predicted molar refractivity (Wildman–Crippen MR) is 91.0 cm³/mol. The smallest absolute Gasteiger partial charge is 0.263 e. The third-order valence-corrected chi connectivity index (χ3v) is 4.61. The summed E-state index contributed by atoms with van der Waals surface area (Å²) in [6.45, 7) is 5.33. The Morgan fingerprint density at radius 2 is 2.16 bits per heavy atom. The minimum atomic E-state index is -0.471. The molecule has 9 heteroatoms. The van der Waals surface area contributed by atoms with E-state index in [1.807, 2.05) is 24.7 Å². The second-order valence-electron chi connectivity index (χ2n) is 6.48. The fourth-order valence-corrected chi connectivity index (χ4v) is 3.30. The molecule has 9 nitrogen and oxygen atoms in total. The lowest BCUT2D eigenvalue weighted by atomic mass is 10.2. The standard InChI is InChI=1S/C16H21N7O2/c1-11-14-15(18-9-19-16(14)25-20-11)23-4-3-22(7-13(24)8-23)6-12-5-17-10-21(12)2/h5,9-10,13,24H,3-4,6-8H2,1-2H3/t13-/m1/s1. The van der Waals surface area contributed by atoms with Crippen LogP contribution in [0.1, 0.15) is 11.4 Å². The summed E-state index contributed by atoms with van der Waals surface area (Å²) in [7, 11) is 1.98. The molecule has 1 saturated heterocycles. The first-order valence-electron chi connectivity index (χ1n) is 8.29. The van der Waals surface area contributed by atoms with Gasteiger partial charge in [0.2, 0.25) is 0 Å². The van der Waals surface area contributed by atoms with Gasteiger partial charge in [-0.1, -0.05) is 5.16 Å². The van der Waals surface area contributed by atoms with Crippen LogP contribution in [0.3, 0.4) is 0 Å². The van der Waals surface area contributed by atoms with Crippen molar-refractivity contribution >= 4 is 16.9 Å². The molecule has 0 bridgehead atoms. The van der Waals surface area contributed by atoms with E-state index < -0.39 is 6.10 Å². The number of aliphatic hydroxyl groups is 1. The number of aryl methyl sites for hydroxylation is 2. The molecule has 0 aliphatic carbocycles. The first-order valence-corrected chi connectivity index (χ1v) is 8.29. The number of aromatic nitrogens is 5. The monoisotopic (exact) mass is 343 g/mol. The maximum absolute atomic E-state index is 10.5. The highest BCUT2D eigenvalue weighted by atomic mass is 16.5. The summed E-state index contributed by atoms with van der Waals surface area (Å²) in [5.74, 6) is 0.769. The van der Waals surface area contributed by atoms with Crippen LogP contribution in [0, 0.1) is 6.92 Å². The van der Waals surface area contributed by atoms with Crippen LogP contribution in [-0.4, -0.2) is 67.0 Å². The van der Waals surface area contributed by atoms with Gasteiger partial charge < -0.3 is 19.1 Å². The van der Waals surface area contributed by atoms with Crippen molar-refractivity contribution in [3.63, 3.8) is 0 Å². The summed E-state index contributed by atoms with van der Waals surface area (Å²) in [5, 5.41) is 15.3. The summed E-state index contributed by atoms with van der Waals surface area (Å²) in [6, 6.07) is 0. The summed E-state index contributed by atoms with van der Waals surface area (Å²) in [4.78, 5) is 17.0. The number of imidazole rings is 1. The number of hydrogen-bond acceptors (Lipinski definition) is 8. The summed E-state index contributed by atoms with van der Waals surface area (Å²) in [5.41, 5.74) is 2.36. The Morgan fingerprint density at radius 3 is 2.96 bits per heavy atom. The van der Waals surface area contributed by atoms with E-state index in [0.717, 1.165) is 42.2 Å². The van der Waals surface area contributed by atoms with Crippen molar-refractivity contribution in [1.82, 2.24) is 29.6 Å². The van der Waals surface area contributed by atoms with Crippen molar-refractivity contribution in [1.29, 1.82) is 0 Å². The molecule has 1 aliphatic heterocycles. The lowest BCUT2D eigenvalue weighted by Crippen LogP contribution is -2.34. The highest BCUT2D eigenvalue weighted by Crippen LogP contribution is 2.26. The molecule has 3 aromatic heterocycles. The molecule has 4 heterocycles. The fourth-order valence-electron chi connectivity index (χ4n) is 3.30. The summed E-state index contributed by atoms with van der Waals surface area (Å²) < 4.78 is 7.24. The van der Waals surface area contributed by atoms with Crippen LogP contribution >= 0.6 is 0 Å². The van der Waals surface area contributed by atoms with E-state index in [1.165, 1.54) is 6.33 Å². The van der Waals surface area contributed by atoms with Crippen LogP contribution in [0.2, 0.25) is 0 Å². The number of aliphatic hydroxyl groups excluding tert-OH is 1. The zero-order valence-electron chi connectivity index (χ0n) is 14.3. The largest absolute Gasteiger partial charge is 0.390 e. The minimum Gasteiger partial charge on any atom is -0.390 e. The van der Waals surface area contributed by atoms with Crippen LogP contribution in [0.15, 0.2) is 23.4 Å². The molecule has 0 unspecified atom stereocenters. The van der Waals surface area contributed by atoms with Gasteiger partial charge in [-0.25, -0.2) is 9.97 Å². The molecule has 0 saturated carbocycles. The maximum atomic E-state index is 10.5. The van der Waals surface area contributed by atoms with Crippen molar-refractivity contribution in [3.8, 4) is 0 Å². The summed E-state index contributed by atoms with van der Waals surface area (Å²) >= 11 is 0. The number of nitrogens with zero attached hydrogens (tertiary/aromatic N) is 7. The Morgan fingerprint density at radius 1 is 1.28 bits per heavy atom. The molecule has 1 atom stereocenters. The molecule has 0 spiro atoms. The van der Waals surface area contributed by atoms with Gasteiger partial charge in [-0.05, 0) is 6.92 Å². The van der Waals surface area contributed by atoms with Gasteiger partial charge in [-0.2, -0.15) is 4.98 Å². The highest BCUT2D eigenvalue weighted by molar-refractivity contribution is 5.87. The molecule has 0 radical (unpaired) electrons. The van der Waals surface area contributed by atoms with E-state index in [0.29, 0.717) is 18.8 Å². The quantitative estimate of drug-likeness (QED) is 0.727. The maximum Gasteiger partial charge on any atom is 0.263 e. The third kappa shape index (κ3) is 3.08. The van der Waals surface area contributed by atoms with Crippen molar-refractivity contribution in [2.75, 3.05) is 31.1 Å². The zero-order valence-corrected chi connectivity index (χ0v) is 14.3. The summed E-state index contributed by atoms with van der Waals surface area (Å²) in [6.07, 6.45) is 4.67. The average Bonchev–Trinajstić information content (AvgIpc) is 3.11. The van der Waals surface area contributed by atoms with E-state index in [4.69, 9.17) is 4.52 Å². The Labute approximate surface area is 144 Å². The molecule has 1 aliphatic rings. The number of rotatable bonds is 3. The average molecular weight is 343 g/mol. The third-order valence-electron chi connectivity index (χ3n) is 4.61. The Balaban J connectivity index is 1.56. The van der Waals surface area contributed by atoms with Crippen molar-refractivity contribution in [2.45, 2.75) is 19.6 Å². The van der Waals surface area contributed by atoms with Crippen molar-refractivity contribution < 1.29 is 9.63 Å². The molecule has 132 valence electrons. The Hall–Kier alpha value is -2.52. The van der Waals surface area contributed by atoms with Gasteiger partial charge in [-0.15, -0.1) is 0 Å². The number of hydrogen-bond donors (Lipinski definition) is 1. The minimum absolute atomic E-state index is 0.471. The topological polar surface area (TPSA) is 96.3 Å². The highest BCUT2D eigenvalue weighted by Gasteiger charge is 2.25. The molecular formula is C16H21N7O2. The second kappa shape index (κ2) is 6.41. The number of β-amino-alcohol motifs (C(OH)–C–C–N with tert-alkyl or cyclic N) is 1. The molecule has 3 aromatic rings. The van der Waals surface area contributed by atoms with Crippen LogP contribution in [0.25, 0.3) is 11.1 Å². The lowest BCUT2D eigenvalue weighted by Gasteiger charge is -2.23. The van der Waals surface area contributed by atoms with Gasteiger partial charge in [-0.3, -0.25) is 4.90 Å². The van der Waals surface area contributed by atoms with E-state index >= 15 is 0 Å². The lowest BCUT2D eigenvalue weighted by molar-refractivity contribution is 0.128. The van der Waals surface area contributed by atoms with E-state index in [2.05, 4.69) is 29.9 Å². The normalized spacial score (nSPS) is 19.5. The van der Waals surface area contributed by atoms with E-state index in [9.17, 15) is 5.11 Å². The fraction of sp³-hybridized carbons (Fsp3) is 0.500. The van der Waals surface area contributed by atoms with E-state index in [1.54, 1.807) is 6.33 Å². The number of fused-ring (bicyclic) bond motifs is 1. The van der Waals surface area contributed by atoms with Gasteiger partial charge in [0.05, 0.1) is 23.8 Å². The molecule has 25 heavy (non-hydrogen) atoms. The van der Waals surface area contributed by atoms with Crippen molar-refractivity contribution in [3.05, 3.63) is 30.2 Å². The SMILES string of the molecule is Cc1noc2ncnc(N3CCN(Cc4cncn4C)C[C@@H](O)C3)c12. The Bertz CT molecular complexity index is 874. The van der Waals surface area contributed by atoms with Gasteiger partial charge in [0.25, 0.3) is 5.71 Å². The zero-order chi connectivity index (χ0) is 17.4. The first kappa shape index (κ1) is 16.0. The van der Waals surface area contributed by atoms with E-state index in [-0.39, 0.29) is 0 Å². The number of anilines is 1. The van der Waals surface area contributed by atoms with Crippen LogP contribution in [-0.2, 0) is 13.6 Å². The predicted octanol–water partition coefficient (Wildman–Crippen LogP) is 0.343. The van der Waals surface area contributed by atoms with Crippen LogP contribution in [0.4, 0.5) is 5.82 Å². The second-order valence-corrected chi connectivity index (χ2v) is 6.48. The molecule has 0 aromatic carbocycles. The Kier molecular flexibility index (Phi) is 4.10. The molecule has 0 amide bonds. The van der Waals surface area contributed by atoms with Crippen LogP contribution in [0.5, 0.6) is 0 Å². The molecule has 1 N–H and O–H groups in total.